The number of hydrogen-bond donors (Lipinski definition) is 1. The molecule has 1 aliphatic rings. The highest BCUT2D eigenvalue weighted by atomic mass is 35.5. The van der Waals surface area contributed by atoms with Crippen LogP contribution in [0.3, 0.4) is 0 Å². The van der Waals surface area contributed by atoms with Gasteiger partial charge in [0, 0.05) is 19.1 Å². The number of amides is 1. The van der Waals surface area contributed by atoms with Crippen LogP contribution in [-0.4, -0.2) is 30.1 Å². The molecule has 4 nitrogen and oxygen atoms in total. The maximum absolute atomic E-state index is 11.8. The molecule has 5 heteroatoms. The molecule has 2 N–H and O–H groups in total. The maximum atomic E-state index is 11.8. The predicted molar refractivity (Wildman–Crippen MR) is 72.6 cm³/mol. The van der Waals surface area contributed by atoms with E-state index >= 15 is 0 Å². The number of nitrogens with zero attached hydrogens (tertiary/aromatic N) is 1. The van der Waals surface area contributed by atoms with E-state index in [0.717, 1.165) is 5.56 Å². The Morgan fingerprint density at radius 2 is 2.06 bits per heavy atom. The fourth-order valence-electron chi connectivity index (χ4n) is 1.95. The Labute approximate surface area is 114 Å². The molecule has 18 heavy (non-hydrogen) atoms. The van der Waals surface area contributed by atoms with Crippen molar-refractivity contribution < 1.29 is 9.53 Å². The topological polar surface area (TPSA) is 55.6 Å². The Kier molecular flexibility index (Phi) is 5.44. The molecular formula is C13H19ClN2O2. The van der Waals surface area contributed by atoms with Crippen LogP contribution in [-0.2, 0) is 11.3 Å². The van der Waals surface area contributed by atoms with Crippen LogP contribution < -0.4 is 5.73 Å². The number of carbonyl (C=O) groups excluding carboxylic acids is 1. The minimum Gasteiger partial charge on any atom is -0.445 e. The molecule has 0 aliphatic carbocycles. The summed E-state index contributed by atoms with van der Waals surface area (Å²) in [7, 11) is 0. The summed E-state index contributed by atoms with van der Waals surface area (Å²) < 4.78 is 5.24. The van der Waals surface area contributed by atoms with E-state index in [0.29, 0.717) is 25.6 Å². The summed E-state index contributed by atoms with van der Waals surface area (Å²) in [4.78, 5) is 13.4. The van der Waals surface area contributed by atoms with Gasteiger partial charge in [-0.1, -0.05) is 37.3 Å². The minimum absolute atomic E-state index is 0. The molecule has 100 valence electrons. The normalized spacial score (nSPS) is 22.4. The molecule has 0 unspecified atom stereocenters. The van der Waals surface area contributed by atoms with Gasteiger partial charge in [-0.15, -0.1) is 12.4 Å². The van der Waals surface area contributed by atoms with Gasteiger partial charge in [0.15, 0.2) is 0 Å². The molecule has 0 bridgehead atoms. The molecule has 2 atom stereocenters. The van der Waals surface area contributed by atoms with Gasteiger partial charge in [-0.2, -0.15) is 0 Å². The third-order valence-corrected chi connectivity index (χ3v) is 3.13. The monoisotopic (exact) mass is 270 g/mol. The second-order valence-electron chi connectivity index (χ2n) is 4.59. The van der Waals surface area contributed by atoms with Gasteiger partial charge in [0.05, 0.1) is 0 Å². The number of rotatable bonds is 2. The number of ether oxygens (including phenoxy) is 1. The predicted octanol–water partition coefficient (Wildman–Crippen LogP) is 2.02. The molecule has 2 rings (SSSR count). The molecule has 1 aromatic carbocycles. The molecule has 1 heterocycles. The van der Waals surface area contributed by atoms with Crippen molar-refractivity contribution in [2.75, 3.05) is 13.1 Å². The van der Waals surface area contributed by atoms with Crippen molar-refractivity contribution in [3.05, 3.63) is 35.9 Å². The Bertz CT molecular complexity index is 376. The van der Waals surface area contributed by atoms with E-state index in [4.69, 9.17) is 10.5 Å². The summed E-state index contributed by atoms with van der Waals surface area (Å²) in [6, 6.07) is 9.73. The zero-order chi connectivity index (χ0) is 12.3. The maximum Gasteiger partial charge on any atom is 0.410 e. The summed E-state index contributed by atoms with van der Waals surface area (Å²) in [6.07, 6.45) is -0.270. The van der Waals surface area contributed by atoms with E-state index in [-0.39, 0.29) is 24.5 Å². The van der Waals surface area contributed by atoms with E-state index in [1.807, 2.05) is 30.3 Å². The number of benzene rings is 1. The van der Waals surface area contributed by atoms with Gasteiger partial charge < -0.3 is 15.4 Å². The first-order valence-electron chi connectivity index (χ1n) is 5.88. The highest BCUT2D eigenvalue weighted by molar-refractivity contribution is 5.85. The zero-order valence-corrected chi connectivity index (χ0v) is 11.2. The lowest BCUT2D eigenvalue weighted by Crippen LogP contribution is -2.32. The second kappa shape index (κ2) is 6.61. The van der Waals surface area contributed by atoms with Gasteiger partial charge >= 0.3 is 6.09 Å². The SMILES string of the molecule is C[C@@H]1CN(C(=O)OCc2ccccc2)C[C@@H]1N.Cl. The first kappa shape index (κ1) is 14.8. The average Bonchev–Trinajstić information content (AvgIpc) is 2.68. The van der Waals surface area contributed by atoms with Crippen LogP contribution in [0.15, 0.2) is 30.3 Å². The largest absolute Gasteiger partial charge is 0.445 e. The number of nitrogens with two attached hydrogens (primary N) is 1. The molecule has 1 fully saturated rings. The third kappa shape index (κ3) is 3.62. The Morgan fingerprint density at radius 1 is 1.39 bits per heavy atom. The summed E-state index contributed by atoms with van der Waals surface area (Å²) >= 11 is 0. The van der Waals surface area contributed by atoms with E-state index in [1.54, 1.807) is 4.90 Å². The Hall–Kier alpha value is -1.26. The van der Waals surface area contributed by atoms with Crippen LogP contribution >= 0.6 is 12.4 Å². The van der Waals surface area contributed by atoms with Crippen molar-refractivity contribution in [1.82, 2.24) is 4.90 Å². The number of hydrogen-bond acceptors (Lipinski definition) is 3. The minimum atomic E-state index is -0.270. The van der Waals surface area contributed by atoms with Crippen molar-refractivity contribution >= 4 is 18.5 Å². The van der Waals surface area contributed by atoms with Gasteiger partial charge in [-0.25, -0.2) is 4.79 Å². The fourth-order valence-corrected chi connectivity index (χ4v) is 1.95. The van der Waals surface area contributed by atoms with Crippen molar-refractivity contribution in [1.29, 1.82) is 0 Å². The standard InChI is InChI=1S/C13H18N2O2.ClH/c1-10-7-15(8-12(10)14)13(16)17-9-11-5-3-2-4-6-11;/h2-6,10,12H,7-9,14H2,1H3;1H/t10-,12+;/m1./s1. The lowest BCUT2D eigenvalue weighted by atomic mass is 10.1. The van der Waals surface area contributed by atoms with Crippen LogP contribution in [0.5, 0.6) is 0 Å². The zero-order valence-electron chi connectivity index (χ0n) is 10.4. The van der Waals surface area contributed by atoms with Crippen molar-refractivity contribution in [3.8, 4) is 0 Å². The van der Waals surface area contributed by atoms with E-state index < -0.39 is 0 Å². The van der Waals surface area contributed by atoms with Crippen LogP contribution in [0, 0.1) is 5.92 Å². The summed E-state index contributed by atoms with van der Waals surface area (Å²) in [5, 5.41) is 0. The molecule has 1 amide bonds. The number of carbonyl (C=O) groups is 1. The molecule has 1 saturated heterocycles. The molecule has 1 aromatic rings. The van der Waals surface area contributed by atoms with Crippen LogP contribution in [0.4, 0.5) is 4.79 Å². The van der Waals surface area contributed by atoms with Crippen molar-refractivity contribution in [2.45, 2.75) is 19.6 Å². The third-order valence-electron chi connectivity index (χ3n) is 3.13. The highest BCUT2D eigenvalue weighted by Gasteiger charge is 2.30. The van der Waals surface area contributed by atoms with Gasteiger partial charge in [-0.05, 0) is 11.5 Å². The average molecular weight is 271 g/mol. The second-order valence-corrected chi connectivity index (χ2v) is 4.59. The lowest BCUT2D eigenvalue weighted by Gasteiger charge is -2.15. The summed E-state index contributed by atoms with van der Waals surface area (Å²) in [6.45, 7) is 3.65. The molecular weight excluding hydrogens is 252 g/mol. The van der Waals surface area contributed by atoms with E-state index in [1.165, 1.54) is 0 Å². The molecule has 0 radical (unpaired) electrons. The Balaban J connectivity index is 0.00000162. The lowest BCUT2D eigenvalue weighted by molar-refractivity contribution is 0.103. The van der Waals surface area contributed by atoms with Crippen molar-refractivity contribution in [2.24, 2.45) is 11.7 Å². The number of halogens is 1. The van der Waals surface area contributed by atoms with Crippen LogP contribution in [0.1, 0.15) is 12.5 Å². The Morgan fingerprint density at radius 3 is 2.61 bits per heavy atom. The first-order valence-corrected chi connectivity index (χ1v) is 5.88. The van der Waals surface area contributed by atoms with Gasteiger partial charge in [-0.3, -0.25) is 0 Å². The molecule has 0 spiro atoms. The smallest absolute Gasteiger partial charge is 0.410 e. The fraction of sp³-hybridized carbons (Fsp3) is 0.462. The first-order chi connectivity index (χ1) is 8.16. The molecule has 0 aromatic heterocycles. The number of likely N-dealkylation sites (tertiary alicyclic amines) is 1. The van der Waals surface area contributed by atoms with E-state index in [9.17, 15) is 4.79 Å². The molecule has 1 aliphatic heterocycles. The van der Waals surface area contributed by atoms with Gasteiger partial charge in [0.1, 0.15) is 6.61 Å². The van der Waals surface area contributed by atoms with Crippen LogP contribution in [0.25, 0.3) is 0 Å². The van der Waals surface area contributed by atoms with Crippen molar-refractivity contribution in [3.63, 3.8) is 0 Å². The van der Waals surface area contributed by atoms with Gasteiger partial charge in [0.2, 0.25) is 0 Å². The molecule has 0 saturated carbocycles. The van der Waals surface area contributed by atoms with Crippen LogP contribution in [0.2, 0.25) is 0 Å². The quantitative estimate of drug-likeness (QED) is 0.895. The highest BCUT2D eigenvalue weighted by Crippen LogP contribution is 2.15. The van der Waals surface area contributed by atoms with E-state index in [2.05, 4.69) is 6.92 Å². The summed E-state index contributed by atoms with van der Waals surface area (Å²) in [5.41, 5.74) is 6.86. The summed E-state index contributed by atoms with van der Waals surface area (Å²) in [5.74, 6) is 0.347. The van der Waals surface area contributed by atoms with Gasteiger partial charge in [0.25, 0.3) is 0 Å².